The van der Waals surface area contributed by atoms with Crippen molar-refractivity contribution in [2.45, 2.75) is 4.90 Å². The average molecular weight is 324 g/mol. The van der Waals surface area contributed by atoms with E-state index in [1.54, 1.807) is 11.8 Å². The summed E-state index contributed by atoms with van der Waals surface area (Å²) in [5.41, 5.74) is 0.949. The molecule has 1 aromatic carbocycles. The standard InChI is InChI=1S/C15H20N2O4S/c1-19-14(18)11-21-16-15(17-7-9-20-10-8-17)12-3-5-13(22-2)6-4-12/h3-6H,7-11H2,1-2H3/b16-15-. The van der Waals surface area contributed by atoms with E-state index in [4.69, 9.17) is 9.57 Å². The molecule has 0 aromatic heterocycles. The highest BCUT2D eigenvalue weighted by atomic mass is 32.2. The molecule has 120 valence electrons. The van der Waals surface area contributed by atoms with Crippen molar-refractivity contribution in [3.8, 4) is 0 Å². The van der Waals surface area contributed by atoms with Crippen LogP contribution in [0.25, 0.3) is 0 Å². The van der Waals surface area contributed by atoms with Crippen molar-refractivity contribution in [2.75, 3.05) is 46.3 Å². The number of hydrogen-bond donors (Lipinski definition) is 0. The molecule has 0 spiro atoms. The van der Waals surface area contributed by atoms with Gasteiger partial charge in [0.05, 0.1) is 20.3 Å². The lowest BCUT2D eigenvalue weighted by molar-refractivity contribution is -0.145. The summed E-state index contributed by atoms with van der Waals surface area (Å²) in [5.74, 6) is 0.252. The van der Waals surface area contributed by atoms with Crippen LogP contribution in [0, 0.1) is 0 Å². The van der Waals surface area contributed by atoms with Gasteiger partial charge in [0.25, 0.3) is 0 Å². The van der Waals surface area contributed by atoms with Gasteiger partial charge in [-0.1, -0.05) is 17.3 Å². The summed E-state index contributed by atoms with van der Waals surface area (Å²) in [6, 6.07) is 8.08. The molecule has 0 bridgehead atoms. The number of thioether (sulfide) groups is 1. The third-order valence-electron chi connectivity index (χ3n) is 3.22. The molecule has 0 N–H and O–H groups in total. The number of nitrogens with zero attached hydrogens (tertiary/aromatic N) is 2. The first kappa shape index (κ1) is 16.6. The normalized spacial score (nSPS) is 15.5. The molecule has 0 unspecified atom stereocenters. The summed E-state index contributed by atoms with van der Waals surface area (Å²) in [5, 5.41) is 4.14. The Morgan fingerprint density at radius 1 is 1.32 bits per heavy atom. The fourth-order valence-corrected chi connectivity index (χ4v) is 2.42. The number of ether oxygens (including phenoxy) is 2. The van der Waals surface area contributed by atoms with Crippen molar-refractivity contribution in [3.63, 3.8) is 0 Å². The van der Waals surface area contributed by atoms with Gasteiger partial charge in [0.2, 0.25) is 6.61 Å². The maximum Gasteiger partial charge on any atom is 0.346 e. The van der Waals surface area contributed by atoms with Gasteiger partial charge in [-0.3, -0.25) is 0 Å². The van der Waals surface area contributed by atoms with E-state index in [2.05, 4.69) is 14.8 Å². The second kappa shape index (κ2) is 8.65. The largest absolute Gasteiger partial charge is 0.466 e. The van der Waals surface area contributed by atoms with E-state index in [1.807, 2.05) is 30.5 Å². The highest BCUT2D eigenvalue weighted by Gasteiger charge is 2.18. The molecule has 0 amide bonds. The lowest BCUT2D eigenvalue weighted by Gasteiger charge is -2.29. The van der Waals surface area contributed by atoms with Crippen molar-refractivity contribution < 1.29 is 19.1 Å². The predicted octanol–water partition coefficient (Wildman–Crippen LogP) is 1.59. The summed E-state index contributed by atoms with van der Waals surface area (Å²) < 4.78 is 9.91. The van der Waals surface area contributed by atoms with Crippen LogP contribution in [-0.2, 0) is 19.1 Å². The van der Waals surface area contributed by atoms with Gasteiger partial charge in [0.1, 0.15) is 0 Å². The topological polar surface area (TPSA) is 60.4 Å². The van der Waals surface area contributed by atoms with Crippen molar-refractivity contribution in [1.82, 2.24) is 4.90 Å². The van der Waals surface area contributed by atoms with Crippen LogP contribution in [0.15, 0.2) is 34.3 Å². The lowest BCUT2D eigenvalue weighted by atomic mass is 10.2. The van der Waals surface area contributed by atoms with Crippen LogP contribution in [0.2, 0.25) is 0 Å². The molecule has 2 rings (SSSR count). The molecule has 6 nitrogen and oxygen atoms in total. The Bertz CT molecular complexity index is 513. The Balaban J connectivity index is 2.15. The quantitative estimate of drug-likeness (QED) is 0.269. The number of methoxy groups -OCH3 is 1. The summed E-state index contributed by atoms with van der Waals surface area (Å²) in [4.78, 5) is 19.5. The van der Waals surface area contributed by atoms with Crippen LogP contribution in [0.5, 0.6) is 0 Å². The van der Waals surface area contributed by atoms with Gasteiger partial charge in [0.15, 0.2) is 5.84 Å². The van der Waals surface area contributed by atoms with E-state index < -0.39 is 5.97 Å². The van der Waals surface area contributed by atoms with Gasteiger partial charge in [-0.25, -0.2) is 4.79 Å². The summed E-state index contributed by atoms with van der Waals surface area (Å²) in [7, 11) is 1.32. The fourth-order valence-electron chi connectivity index (χ4n) is 2.01. The highest BCUT2D eigenvalue weighted by molar-refractivity contribution is 7.98. The van der Waals surface area contributed by atoms with E-state index in [-0.39, 0.29) is 6.61 Å². The molecule has 0 saturated carbocycles. The zero-order valence-corrected chi connectivity index (χ0v) is 13.6. The monoisotopic (exact) mass is 324 g/mol. The third-order valence-corrected chi connectivity index (χ3v) is 3.96. The zero-order chi connectivity index (χ0) is 15.8. The molecule has 7 heteroatoms. The minimum atomic E-state index is -0.456. The van der Waals surface area contributed by atoms with Crippen LogP contribution in [-0.4, -0.2) is 63.0 Å². The smallest absolute Gasteiger partial charge is 0.346 e. The predicted molar refractivity (Wildman–Crippen MR) is 85.1 cm³/mol. The molecular weight excluding hydrogens is 304 g/mol. The van der Waals surface area contributed by atoms with E-state index in [0.29, 0.717) is 19.0 Å². The number of morpholine rings is 1. The van der Waals surface area contributed by atoms with Crippen LogP contribution in [0.4, 0.5) is 0 Å². The number of hydrogen-bond acceptors (Lipinski definition) is 6. The summed E-state index contributed by atoms with van der Waals surface area (Å²) >= 11 is 1.68. The fraction of sp³-hybridized carbons (Fsp3) is 0.467. The minimum Gasteiger partial charge on any atom is -0.466 e. The first-order valence-corrected chi connectivity index (χ1v) is 8.21. The molecule has 0 radical (unpaired) electrons. The number of oxime groups is 1. The van der Waals surface area contributed by atoms with Gasteiger partial charge in [-0.15, -0.1) is 11.8 Å². The Kier molecular flexibility index (Phi) is 6.54. The summed E-state index contributed by atoms with van der Waals surface area (Å²) in [6.45, 7) is 2.58. The number of carbonyl (C=O) groups is 1. The molecule has 0 aliphatic carbocycles. The number of benzene rings is 1. The Labute approximate surface area is 134 Å². The van der Waals surface area contributed by atoms with Gasteiger partial charge in [-0.2, -0.15) is 0 Å². The number of carbonyl (C=O) groups excluding carboxylic acids is 1. The number of amidine groups is 1. The molecule has 0 atom stereocenters. The maximum atomic E-state index is 11.1. The first-order valence-electron chi connectivity index (χ1n) is 6.98. The molecule has 1 aliphatic rings. The molecular formula is C15H20N2O4S. The second-order valence-electron chi connectivity index (χ2n) is 4.59. The van der Waals surface area contributed by atoms with E-state index in [0.717, 1.165) is 18.7 Å². The molecule has 1 saturated heterocycles. The summed E-state index contributed by atoms with van der Waals surface area (Å²) in [6.07, 6.45) is 2.03. The molecule has 1 aromatic rings. The maximum absolute atomic E-state index is 11.1. The lowest BCUT2D eigenvalue weighted by Crippen LogP contribution is -2.41. The average Bonchev–Trinajstić information content (AvgIpc) is 2.59. The third kappa shape index (κ3) is 4.64. The van der Waals surface area contributed by atoms with Crippen LogP contribution in [0.3, 0.4) is 0 Å². The van der Waals surface area contributed by atoms with Gasteiger partial charge in [0, 0.05) is 23.5 Å². The second-order valence-corrected chi connectivity index (χ2v) is 5.47. The van der Waals surface area contributed by atoms with Crippen molar-refractivity contribution in [1.29, 1.82) is 0 Å². The SMILES string of the molecule is COC(=O)CO/N=C(/c1ccc(SC)cc1)N1CCOCC1. The molecule has 1 aliphatic heterocycles. The number of esters is 1. The van der Waals surface area contributed by atoms with Crippen molar-refractivity contribution in [2.24, 2.45) is 5.16 Å². The Morgan fingerprint density at radius 3 is 2.59 bits per heavy atom. The van der Waals surface area contributed by atoms with Crippen LogP contribution < -0.4 is 0 Å². The minimum absolute atomic E-state index is 0.201. The molecule has 1 fully saturated rings. The van der Waals surface area contributed by atoms with Crippen molar-refractivity contribution in [3.05, 3.63) is 29.8 Å². The first-order chi connectivity index (χ1) is 10.7. The molecule has 1 heterocycles. The number of rotatable bonds is 5. The van der Waals surface area contributed by atoms with Crippen molar-refractivity contribution >= 4 is 23.6 Å². The van der Waals surface area contributed by atoms with Gasteiger partial charge >= 0.3 is 5.97 Å². The molecule has 22 heavy (non-hydrogen) atoms. The van der Waals surface area contributed by atoms with Crippen LogP contribution in [0.1, 0.15) is 5.56 Å². The zero-order valence-electron chi connectivity index (χ0n) is 12.8. The Morgan fingerprint density at radius 2 is 2.00 bits per heavy atom. The van der Waals surface area contributed by atoms with E-state index in [1.165, 1.54) is 12.0 Å². The highest BCUT2D eigenvalue weighted by Crippen LogP contribution is 2.17. The van der Waals surface area contributed by atoms with Gasteiger partial charge < -0.3 is 19.2 Å². The van der Waals surface area contributed by atoms with Gasteiger partial charge in [-0.05, 0) is 18.4 Å². The van der Waals surface area contributed by atoms with Crippen LogP contribution >= 0.6 is 11.8 Å². The van der Waals surface area contributed by atoms with E-state index >= 15 is 0 Å². The van der Waals surface area contributed by atoms with E-state index in [9.17, 15) is 4.79 Å². The Hall–Kier alpha value is -1.73.